The van der Waals surface area contributed by atoms with Crippen molar-refractivity contribution in [2.45, 2.75) is 0 Å². The van der Waals surface area contributed by atoms with Gasteiger partial charge in [-0.05, 0) is 105 Å². The van der Waals surface area contributed by atoms with Crippen LogP contribution in [0.4, 0.5) is 17.1 Å². The van der Waals surface area contributed by atoms with Crippen molar-refractivity contribution in [3.63, 3.8) is 0 Å². The zero-order chi connectivity index (χ0) is 38.4. The number of nitrogen functional groups attached to an aromatic ring is 1. The van der Waals surface area contributed by atoms with Gasteiger partial charge in [-0.1, -0.05) is 170 Å². The normalized spacial score (nSPS) is 10.9. The van der Waals surface area contributed by atoms with E-state index < -0.39 is 0 Å². The summed E-state index contributed by atoms with van der Waals surface area (Å²) >= 11 is 0. The van der Waals surface area contributed by atoms with E-state index in [9.17, 15) is 0 Å². The highest BCUT2D eigenvalue weighted by molar-refractivity contribution is 6.09. The monoisotopic (exact) mass is 731 g/mol. The summed E-state index contributed by atoms with van der Waals surface area (Å²) in [6.07, 6.45) is 0. The number of para-hydroxylation sites is 2. The molecule has 10 aromatic rings. The van der Waals surface area contributed by atoms with Crippen LogP contribution >= 0.6 is 0 Å². The minimum atomic E-state index is 0.779. The van der Waals surface area contributed by atoms with Crippen molar-refractivity contribution in [2.75, 3.05) is 11.1 Å². The molecule has 0 aliphatic carbocycles. The van der Waals surface area contributed by atoms with Crippen molar-refractivity contribution in [1.82, 2.24) is 4.57 Å². The molecule has 57 heavy (non-hydrogen) atoms. The van der Waals surface area contributed by atoms with Crippen molar-refractivity contribution in [3.8, 4) is 50.2 Å². The molecule has 0 unspecified atom stereocenters. The Bertz CT molecular complexity index is 2780. The van der Waals surface area contributed by atoms with E-state index in [1.165, 1.54) is 60.8 Å². The zero-order valence-electron chi connectivity index (χ0n) is 31.5. The lowest BCUT2D eigenvalue weighted by molar-refractivity contribution is 1.18. The summed E-state index contributed by atoms with van der Waals surface area (Å²) in [5, 5.41) is 6.10. The topological polar surface area (TPSA) is 43.0 Å². The summed E-state index contributed by atoms with van der Waals surface area (Å²) in [6.45, 7) is 0. The van der Waals surface area contributed by atoms with Crippen LogP contribution in [0.5, 0.6) is 0 Å². The van der Waals surface area contributed by atoms with Crippen LogP contribution in [0.15, 0.2) is 231 Å². The molecule has 9 aromatic carbocycles. The third-order valence-corrected chi connectivity index (χ3v) is 10.4. The molecular weight excluding hydrogens is 691 g/mol. The predicted molar refractivity (Wildman–Crippen MR) is 243 cm³/mol. The Labute approximate surface area is 334 Å². The molecule has 0 aliphatic rings. The summed E-state index contributed by atoms with van der Waals surface area (Å²) < 4.78 is 2.36. The highest BCUT2D eigenvalue weighted by Gasteiger charge is 2.12. The van der Waals surface area contributed by atoms with E-state index in [4.69, 9.17) is 5.73 Å². The number of nitrogens with one attached hydrogen (secondary N) is 1. The molecule has 0 saturated heterocycles. The van der Waals surface area contributed by atoms with Gasteiger partial charge in [-0.15, -0.1) is 0 Å². The molecule has 10 rings (SSSR count). The van der Waals surface area contributed by atoms with Crippen molar-refractivity contribution in [3.05, 3.63) is 231 Å². The first-order chi connectivity index (χ1) is 28.2. The molecule has 0 radical (unpaired) electrons. The van der Waals surface area contributed by atoms with Gasteiger partial charge in [0, 0.05) is 33.5 Å². The van der Waals surface area contributed by atoms with E-state index in [1.54, 1.807) is 0 Å². The number of nitrogens with zero attached hydrogens (tertiary/aromatic N) is 1. The van der Waals surface area contributed by atoms with Crippen LogP contribution in [0.3, 0.4) is 0 Å². The van der Waals surface area contributed by atoms with E-state index in [-0.39, 0.29) is 0 Å². The molecule has 3 N–H and O–H groups in total. The van der Waals surface area contributed by atoms with E-state index >= 15 is 0 Å². The Hall–Kier alpha value is -7.62. The molecule has 1 aromatic heterocycles. The zero-order valence-corrected chi connectivity index (χ0v) is 31.5. The number of nitrogens with two attached hydrogens (primary N) is 1. The van der Waals surface area contributed by atoms with E-state index in [0.29, 0.717) is 0 Å². The lowest BCUT2D eigenvalue weighted by Crippen LogP contribution is -1.94. The number of hydrogen-bond acceptors (Lipinski definition) is 2. The van der Waals surface area contributed by atoms with Gasteiger partial charge in [0.05, 0.1) is 11.0 Å². The van der Waals surface area contributed by atoms with Crippen LogP contribution in [0, 0.1) is 0 Å². The van der Waals surface area contributed by atoms with Gasteiger partial charge in [0.15, 0.2) is 0 Å². The molecule has 272 valence electrons. The highest BCUT2D eigenvalue weighted by Crippen LogP contribution is 2.34. The second-order valence-electron chi connectivity index (χ2n) is 14.1. The molecular formula is C54H41N3. The largest absolute Gasteiger partial charge is 0.399 e. The van der Waals surface area contributed by atoms with Crippen molar-refractivity contribution in [1.29, 1.82) is 0 Å². The molecule has 0 saturated carbocycles. The Morgan fingerprint density at radius 2 is 0.649 bits per heavy atom. The summed E-state index contributed by atoms with van der Waals surface area (Å²) in [6, 6.07) is 80.7. The third-order valence-electron chi connectivity index (χ3n) is 10.4. The van der Waals surface area contributed by atoms with Crippen molar-refractivity contribution >= 4 is 38.9 Å². The maximum Gasteiger partial charge on any atom is 0.0541 e. The smallest absolute Gasteiger partial charge is 0.0541 e. The van der Waals surface area contributed by atoms with Gasteiger partial charge in [-0.3, -0.25) is 0 Å². The number of rotatable bonds is 7. The van der Waals surface area contributed by atoms with E-state index in [2.05, 4.69) is 216 Å². The second kappa shape index (κ2) is 16.0. The first-order valence-corrected chi connectivity index (χ1v) is 19.3. The van der Waals surface area contributed by atoms with Gasteiger partial charge in [0.1, 0.15) is 0 Å². The third kappa shape index (κ3) is 7.68. The van der Waals surface area contributed by atoms with Gasteiger partial charge in [-0.25, -0.2) is 0 Å². The Kier molecular flexibility index (Phi) is 9.86. The van der Waals surface area contributed by atoms with Crippen molar-refractivity contribution < 1.29 is 0 Å². The van der Waals surface area contributed by atoms with Gasteiger partial charge >= 0.3 is 0 Å². The fourth-order valence-corrected chi connectivity index (χ4v) is 7.48. The van der Waals surface area contributed by atoms with Crippen LogP contribution in [0.25, 0.3) is 72.0 Å². The predicted octanol–water partition coefficient (Wildman–Crippen LogP) is 14.5. The SMILES string of the molecule is Nc1ccc(-c2ccc(-c3ccc(Nc4ccc(-c5cccc(-n6c7ccccc7c7ccccc76)c5)cc4)cc3)cc2)cc1.c1ccc(-c2ccccc2)cc1. The molecule has 0 aliphatic heterocycles. The molecule has 0 atom stereocenters. The fraction of sp³-hybridized carbons (Fsp3) is 0. The van der Waals surface area contributed by atoms with Crippen LogP contribution < -0.4 is 11.1 Å². The lowest BCUT2D eigenvalue weighted by Gasteiger charge is -2.12. The summed E-state index contributed by atoms with van der Waals surface area (Å²) in [5.41, 5.74) is 22.0. The minimum Gasteiger partial charge on any atom is -0.399 e. The summed E-state index contributed by atoms with van der Waals surface area (Å²) in [5.74, 6) is 0. The number of anilines is 3. The fourth-order valence-electron chi connectivity index (χ4n) is 7.48. The van der Waals surface area contributed by atoms with E-state index in [1.807, 2.05) is 24.3 Å². The Morgan fingerprint density at radius 3 is 1.12 bits per heavy atom. The molecule has 0 spiro atoms. The molecule has 3 heteroatoms. The maximum atomic E-state index is 5.84. The van der Waals surface area contributed by atoms with E-state index in [0.717, 1.165) is 28.3 Å². The van der Waals surface area contributed by atoms with Crippen LogP contribution in [0.1, 0.15) is 0 Å². The number of fused-ring (bicyclic) bond motifs is 3. The van der Waals surface area contributed by atoms with Crippen LogP contribution in [-0.2, 0) is 0 Å². The summed E-state index contributed by atoms with van der Waals surface area (Å²) in [4.78, 5) is 0. The second-order valence-corrected chi connectivity index (χ2v) is 14.1. The minimum absolute atomic E-state index is 0.779. The average Bonchev–Trinajstić information content (AvgIpc) is 3.63. The van der Waals surface area contributed by atoms with Gasteiger partial charge in [-0.2, -0.15) is 0 Å². The van der Waals surface area contributed by atoms with Gasteiger partial charge < -0.3 is 15.6 Å². The maximum absolute atomic E-state index is 5.84. The Balaban J connectivity index is 0.000000300. The molecule has 1 heterocycles. The Morgan fingerprint density at radius 1 is 0.298 bits per heavy atom. The lowest BCUT2D eigenvalue weighted by atomic mass is 10.00. The molecule has 0 amide bonds. The molecule has 3 nitrogen and oxygen atoms in total. The molecule has 0 fully saturated rings. The van der Waals surface area contributed by atoms with Crippen molar-refractivity contribution in [2.24, 2.45) is 0 Å². The summed E-state index contributed by atoms with van der Waals surface area (Å²) in [7, 11) is 0. The van der Waals surface area contributed by atoms with Gasteiger partial charge in [0.2, 0.25) is 0 Å². The number of benzene rings is 9. The van der Waals surface area contributed by atoms with Gasteiger partial charge in [0.25, 0.3) is 0 Å². The average molecular weight is 732 g/mol. The highest BCUT2D eigenvalue weighted by atomic mass is 15.0. The quantitative estimate of drug-likeness (QED) is 0.160. The number of aromatic nitrogens is 1. The first-order valence-electron chi connectivity index (χ1n) is 19.3. The number of hydrogen-bond donors (Lipinski definition) is 2. The van der Waals surface area contributed by atoms with Crippen LogP contribution in [-0.4, -0.2) is 4.57 Å². The standard InChI is InChI=1S/C42H31N3.C12H10/c43-35-22-16-31(17-23-35)29-12-14-30(15-13-29)32-18-24-36(25-19-32)44-37-26-20-33(21-27-37)34-6-5-7-38(28-34)45-41-10-3-1-8-39(41)40-9-2-4-11-42(40)45;1-3-7-11(8-4-1)12-9-5-2-6-10-12/h1-28,44H,43H2;1-10H. The first kappa shape index (κ1) is 35.1. The van der Waals surface area contributed by atoms with Crippen LogP contribution in [0.2, 0.25) is 0 Å². The molecule has 0 bridgehead atoms.